The summed E-state index contributed by atoms with van der Waals surface area (Å²) in [5.74, 6) is -1.58. The highest BCUT2D eigenvalue weighted by Gasteiger charge is 2.16. The quantitative estimate of drug-likeness (QED) is 0.512. The molecule has 1 rings (SSSR count). The molecule has 0 aliphatic carbocycles. The summed E-state index contributed by atoms with van der Waals surface area (Å²) in [6.07, 6.45) is 0. The predicted molar refractivity (Wildman–Crippen MR) is 60.7 cm³/mol. The third-order valence-electron chi connectivity index (χ3n) is 1.95. The Labute approximate surface area is 102 Å². The third kappa shape index (κ3) is 3.67. The van der Waals surface area contributed by atoms with Crippen molar-refractivity contribution in [3.05, 3.63) is 39.7 Å². The Bertz CT molecular complexity index is 451. The number of non-ortho nitro benzene ring substituents is 1. The van der Waals surface area contributed by atoms with Gasteiger partial charge in [-0.05, 0) is 13.0 Å². The molecule has 1 unspecified atom stereocenters. The number of nitrogens with zero attached hydrogens (tertiary/aromatic N) is 1. The van der Waals surface area contributed by atoms with Crippen LogP contribution >= 0.6 is 11.6 Å². The second-order valence-electron chi connectivity index (χ2n) is 3.41. The van der Waals surface area contributed by atoms with Gasteiger partial charge in [-0.1, -0.05) is 0 Å². The molecule has 5 nitrogen and oxygen atoms in total. The van der Waals surface area contributed by atoms with E-state index < -0.39 is 22.3 Å². The number of benzene rings is 1. The van der Waals surface area contributed by atoms with Crippen molar-refractivity contribution >= 4 is 23.2 Å². The van der Waals surface area contributed by atoms with Crippen LogP contribution < -0.4 is 5.32 Å². The van der Waals surface area contributed by atoms with Crippen LogP contribution in [-0.2, 0) is 0 Å². The average Bonchev–Trinajstić information content (AvgIpc) is 2.25. The maximum absolute atomic E-state index is 13.4. The van der Waals surface area contributed by atoms with Crippen molar-refractivity contribution in [2.75, 3.05) is 6.54 Å². The normalized spacial score (nSPS) is 11.9. The molecule has 0 fully saturated rings. The summed E-state index contributed by atoms with van der Waals surface area (Å²) in [4.78, 5) is 21.1. The summed E-state index contributed by atoms with van der Waals surface area (Å²) in [5, 5.41) is 12.5. The highest BCUT2D eigenvalue weighted by Crippen LogP contribution is 2.16. The van der Waals surface area contributed by atoms with Crippen LogP contribution in [0.5, 0.6) is 0 Å². The van der Waals surface area contributed by atoms with Crippen LogP contribution in [0.4, 0.5) is 10.1 Å². The van der Waals surface area contributed by atoms with E-state index in [-0.39, 0.29) is 17.5 Å². The number of carbonyl (C=O) groups excluding carboxylic acids is 1. The number of halogens is 2. The Balaban J connectivity index is 2.85. The minimum absolute atomic E-state index is 0.191. The molecule has 0 spiro atoms. The van der Waals surface area contributed by atoms with E-state index in [0.29, 0.717) is 6.07 Å². The fraction of sp³-hybridized carbons (Fsp3) is 0.300. The molecule has 1 aromatic carbocycles. The van der Waals surface area contributed by atoms with E-state index in [1.165, 1.54) is 0 Å². The predicted octanol–water partition coefficient (Wildman–Crippen LogP) is 2.09. The monoisotopic (exact) mass is 260 g/mol. The van der Waals surface area contributed by atoms with Crippen LogP contribution in [-0.4, -0.2) is 22.8 Å². The molecule has 0 heterocycles. The first-order valence-corrected chi connectivity index (χ1v) is 5.21. The van der Waals surface area contributed by atoms with E-state index in [0.717, 1.165) is 12.1 Å². The second-order valence-corrected chi connectivity index (χ2v) is 4.16. The smallest absolute Gasteiger partial charge is 0.272 e. The zero-order valence-corrected chi connectivity index (χ0v) is 9.70. The third-order valence-corrected chi connectivity index (χ3v) is 2.11. The zero-order valence-electron chi connectivity index (χ0n) is 8.94. The summed E-state index contributed by atoms with van der Waals surface area (Å²) < 4.78 is 13.4. The van der Waals surface area contributed by atoms with Crippen molar-refractivity contribution in [2.45, 2.75) is 12.3 Å². The molecule has 0 bridgehead atoms. The van der Waals surface area contributed by atoms with E-state index in [2.05, 4.69) is 5.32 Å². The first-order chi connectivity index (χ1) is 7.91. The molecule has 1 amide bonds. The summed E-state index contributed by atoms with van der Waals surface area (Å²) >= 11 is 5.62. The lowest BCUT2D eigenvalue weighted by Gasteiger charge is -2.06. The topological polar surface area (TPSA) is 72.2 Å². The Kier molecular flexibility index (Phi) is 4.39. The number of carbonyl (C=O) groups is 1. The minimum Gasteiger partial charge on any atom is -0.350 e. The Morgan fingerprint density at radius 3 is 2.76 bits per heavy atom. The molecule has 0 aliphatic heterocycles. The number of alkyl halides is 1. The average molecular weight is 261 g/mol. The first-order valence-electron chi connectivity index (χ1n) is 4.78. The Hall–Kier alpha value is -1.69. The van der Waals surface area contributed by atoms with E-state index in [1.807, 2.05) is 0 Å². The molecular weight excluding hydrogens is 251 g/mol. The van der Waals surface area contributed by atoms with Gasteiger partial charge in [-0.3, -0.25) is 14.9 Å². The van der Waals surface area contributed by atoms with Crippen LogP contribution in [0.3, 0.4) is 0 Å². The maximum Gasteiger partial charge on any atom is 0.272 e. The zero-order chi connectivity index (χ0) is 13.0. The molecule has 1 N–H and O–H groups in total. The Morgan fingerprint density at radius 1 is 1.65 bits per heavy atom. The standard InChI is InChI=1S/C10H10ClFN2O3/c1-6(11)5-13-10(15)8-3-2-7(14(16)17)4-9(8)12/h2-4,6H,5H2,1H3,(H,13,15). The van der Waals surface area contributed by atoms with E-state index in [4.69, 9.17) is 11.6 Å². The van der Waals surface area contributed by atoms with Crippen molar-refractivity contribution < 1.29 is 14.1 Å². The van der Waals surface area contributed by atoms with Crippen LogP contribution in [0, 0.1) is 15.9 Å². The maximum atomic E-state index is 13.4. The molecular formula is C10H10ClFN2O3. The molecule has 0 saturated heterocycles. The summed E-state index contributed by atoms with van der Waals surface area (Å²) in [5.41, 5.74) is -0.641. The number of rotatable bonds is 4. The number of nitro groups is 1. The van der Waals surface area contributed by atoms with Crippen molar-refractivity contribution in [3.63, 3.8) is 0 Å². The van der Waals surface area contributed by atoms with Gasteiger partial charge < -0.3 is 5.32 Å². The molecule has 17 heavy (non-hydrogen) atoms. The summed E-state index contributed by atoms with van der Waals surface area (Å²) in [6.45, 7) is 1.87. The lowest BCUT2D eigenvalue weighted by molar-refractivity contribution is -0.385. The molecule has 1 aromatic rings. The molecule has 1 atom stereocenters. The molecule has 0 saturated carbocycles. The fourth-order valence-corrected chi connectivity index (χ4v) is 1.21. The van der Waals surface area contributed by atoms with Crippen LogP contribution in [0.25, 0.3) is 0 Å². The molecule has 92 valence electrons. The van der Waals surface area contributed by atoms with Gasteiger partial charge in [-0.2, -0.15) is 0 Å². The van der Waals surface area contributed by atoms with Crippen molar-refractivity contribution in [1.82, 2.24) is 5.32 Å². The largest absolute Gasteiger partial charge is 0.350 e. The van der Waals surface area contributed by atoms with E-state index in [1.54, 1.807) is 6.92 Å². The highest BCUT2D eigenvalue weighted by atomic mass is 35.5. The van der Waals surface area contributed by atoms with Crippen LogP contribution in [0.15, 0.2) is 18.2 Å². The van der Waals surface area contributed by atoms with Gasteiger partial charge in [-0.25, -0.2) is 4.39 Å². The molecule has 0 aromatic heterocycles. The van der Waals surface area contributed by atoms with Gasteiger partial charge in [0.05, 0.1) is 16.6 Å². The van der Waals surface area contributed by atoms with Gasteiger partial charge in [-0.15, -0.1) is 11.6 Å². The van der Waals surface area contributed by atoms with Gasteiger partial charge in [0.25, 0.3) is 11.6 Å². The van der Waals surface area contributed by atoms with Gasteiger partial charge in [0, 0.05) is 18.0 Å². The van der Waals surface area contributed by atoms with Crippen LogP contribution in [0.1, 0.15) is 17.3 Å². The van der Waals surface area contributed by atoms with Gasteiger partial charge in [0.15, 0.2) is 0 Å². The van der Waals surface area contributed by atoms with Gasteiger partial charge in [0.2, 0.25) is 0 Å². The van der Waals surface area contributed by atoms with Crippen molar-refractivity contribution in [2.24, 2.45) is 0 Å². The molecule has 7 heteroatoms. The van der Waals surface area contributed by atoms with Crippen LogP contribution in [0.2, 0.25) is 0 Å². The number of nitrogens with one attached hydrogen (secondary N) is 1. The van der Waals surface area contributed by atoms with Crippen molar-refractivity contribution in [3.8, 4) is 0 Å². The summed E-state index contributed by atoms with van der Waals surface area (Å²) in [6, 6.07) is 2.85. The number of hydrogen-bond acceptors (Lipinski definition) is 3. The van der Waals surface area contributed by atoms with Gasteiger partial charge >= 0.3 is 0 Å². The SMILES string of the molecule is CC(Cl)CNC(=O)c1ccc([N+](=O)[O-])cc1F. The summed E-state index contributed by atoms with van der Waals surface area (Å²) in [7, 11) is 0. The fourth-order valence-electron chi connectivity index (χ4n) is 1.13. The highest BCUT2D eigenvalue weighted by molar-refractivity contribution is 6.20. The lowest BCUT2D eigenvalue weighted by Crippen LogP contribution is -2.29. The lowest BCUT2D eigenvalue weighted by atomic mass is 10.2. The minimum atomic E-state index is -0.932. The number of amides is 1. The number of nitro benzene ring substituents is 1. The van der Waals surface area contributed by atoms with Gasteiger partial charge in [0.1, 0.15) is 5.82 Å². The van der Waals surface area contributed by atoms with E-state index in [9.17, 15) is 19.3 Å². The second kappa shape index (κ2) is 5.58. The Morgan fingerprint density at radius 2 is 2.29 bits per heavy atom. The molecule has 0 aliphatic rings. The number of hydrogen-bond donors (Lipinski definition) is 1. The first kappa shape index (κ1) is 13.4. The van der Waals surface area contributed by atoms with Crippen molar-refractivity contribution in [1.29, 1.82) is 0 Å². The van der Waals surface area contributed by atoms with E-state index >= 15 is 0 Å². The molecule has 0 radical (unpaired) electrons.